The second-order valence-corrected chi connectivity index (χ2v) is 9.86. The van der Waals surface area contributed by atoms with Gasteiger partial charge >= 0.3 is 0 Å². The first kappa shape index (κ1) is 28.4. The maximum absolute atomic E-state index is 13.5. The average molecular weight is 581 g/mol. The number of carbonyl (C=O) groups is 2. The van der Waals surface area contributed by atoms with Crippen molar-refractivity contribution in [3.63, 3.8) is 0 Å². The predicted molar refractivity (Wildman–Crippen MR) is 163 cm³/mol. The molecule has 0 radical (unpaired) electrons. The lowest BCUT2D eigenvalue weighted by molar-refractivity contribution is -0.117. The molecule has 42 heavy (non-hydrogen) atoms. The summed E-state index contributed by atoms with van der Waals surface area (Å²) < 4.78 is 12.7. The molecule has 0 fully saturated rings. The van der Waals surface area contributed by atoms with Gasteiger partial charge in [-0.2, -0.15) is 0 Å². The molecule has 0 aliphatic carbocycles. The van der Waals surface area contributed by atoms with E-state index in [2.05, 4.69) is 5.32 Å². The maximum atomic E-state index is 13.5. The fourth-order valence-electron chi connectivity index (χ4n) is 4.50. The van der Waals surface area contributed by atoms with Gasteiger partial charge in [-0.3, -0.25) is 19.5 Å². The second kappa shape index (κ2) is 13.1. The normalized spacial score (nSPS) is 10.6. The van der Waals surface area contributed by atoms with Crippen LogP contribution in [0.15, 0.2) is 109 Å². The lowest BCUT2D eigenvalue weighted by Crippen LogP contribution is -2.38. The number of carbonyl (C=O) groups excluding carboxylic acids is 2. The van der Waals surface area contributed by atoms with Gasteiger partial charge in [0.25, 0.3) is 5.91 Å². The maximum Gasteiger partial charge on any atom is 0.254 e. The lowest BCUT2D eigenvalue weighted by Gasteiger charge is -2.22. The van der Waals surface area contributed by atoms with Gasteiger partial charge in [0.1, 0.15) is 6.54 Å². The number of amides is 2. The minimum atomic E-state index is -0.403. The van der Waals surface area contributed by atoms with Gasteiger partial charge in [-0.1, -0.05) is 72.3 Å². The Morgan fingerprint density at radius 3 is 2.19 bits per heavy atom. The Balaban J connectivity index is 1.46. The Bertz CT molecular complexity index is 1670. The zero-order chi connectivity index (χ0) is 29.5. The molecule has 4 aromatic carbocycles. The number of nitrogens with one attached hydrogen (secondary N) is 1. The van der Waals surface area contributed by atoms with Crippen LogP contribution in [0.2, 0.25) is 5.02 Å². The Kier molecular flexibility index (Phi) is 8.84. The van der Waals surface area contributed by atoms with Crippen molar-refractivity contribution in [1.82, 2.24) is 14.5 Å². The summed E-state index contributed by atoms with van der Waals surface area (Å²) in [7, 11) is 3.13. The van der Waals surface area contributed by atoms with E-state index in [0.29, 0.717) is 39.4 Å². The van der Waals surface area contributed by atoms with Gasteiger partial charge in [-0.15, -0.1) is 0 Å². The van der Waals surface area contributed by atoms with Crippen LogP contribution in [-0.2, 0) is 11.3 Å². The molecular formula is C33H29ClN4O4. The molecule has 0 aliphatic rings. The van der Waals surface area contributed by atoms with Gasteiger partial charge in [0.15, 0.2) is 11.5 Å². The quantitative estimate of drug-likeness (QED) is 0.204. The molecule has 5 aromatic rings. The summed E-state index contributed by atoms with van der Waals surface area (Å²) in [5, 5.41) is 3.45. The summed E-state index contributed by atoms with van der Waals surface area (Å²) in [5.41, 5.74) is 3.58. The molecule has 0 atom stereocenters. The van der Waals surface area contributed by atoms with Crippen LogP contribution in [-0.4, -0.2) is 47.0 Å². The van der Waals surface area contributed by atoms with Crippen molar-refractivity contribution in [3.8, 4) is 28.4 Å². The molecule has 5 rings (SSSR count). The first-order valence-electron chi connectivity index (χ1n) is 13.2. The molecule has 0 spiro atoms. The van der Waals surface area contributed by atoms with Crippen molar-refractivity contribution in [2.45, 2.75) is 6.54 Å². The predicted octanol–water partition coefficient (Wildman–Crippen LogP) is 6.49. The van der Waals surface area contributed by atoms with E-state index in [1.54, 1.807) is 55.2 Å². The summed E-state index contributed by atoms with van der Waals surface area (Å²) in [4.78, 5) is 33.3. The van der Waals surface area contributed by atoms with Gasteiger partial charge in [0.05, 0.1) is 25.6 Å². The van der Waals surface area contributed by atoms with Gasteiger partial charge in [0.2, 0.25) is 11.9 Å². The van der Waals surface area contributed by atoms with Crippen LogP contribution in [0.1, 0.15) is 15.9 Å². The molecule has 0 unspecified atom stereocenters. The number of halogens is 1. The fourth-order valence-corrected chi connectivity index (χ4v) is 4.63. The van der Waals surface area contributed by atoms with Crippen molar-refractivity contribution in [3.05, 3.63) is 125 Å². The Labute approximate surface area is 249 Å². The van der Waals surface area contributed by atoms with Crippen molar-refractivity contribution in [1.29, 1.82) is 0 Å². The second-order valence-electron chi connectivity index (χ2n) is 9.43. The summed E-state index contributed by atoms with van der Waals surface area (Å²) >= 11 is 6.03. The van der Waals surface area contributed by atoms with Crippen LogP contribution >= 0.6 is 11.6 Å². The van der Waals surface area contributed by atoms with E-state index in [1.807, 2.05) is 72.9 Å². The number of hydrogen-bond donors (Lipinski definition) is 1. The Morgan fingerprint density at radius 1 is 0.857 bits per heavy atom. The number of hydrogen-bond acceptors (Lipinski definition) is 5. The number of benzene rings is 4. The highest BCUT2D eigenvalue weighted by Gasteiger charge is 2.22. The summed E-state index contributed by atoms with van der Waals surface area (Å²) in [6.07, 6.45) is 1.84. The van der Waals surface area contributed by atoms with Crippen LogP contribution in [0.25, 0.3) is 16.9 Å². The summed E-state index contributed by atoms with van der Waals surface area (Å²) in [6, 6.07) is 31.2. The monoisotopic (exact) mass is 580 g/mol. The number of anilines is 1. The number of imidazole rings is 1. The number of aromatic nitrogens is 2. The number of methoxy groups -OCH3 is 2. The van der Waals surface area contributed by atoms with E-state index in [-0.39, 0.29) is 19.0 Å². The van der Waals surface area contributed by atoms with Crippen LogP contribution < -0.4 is 14.8 Å². The highest BCUT2D eigenvalue weighted by atomic mass is 35.5. The van der Waals surface area contributed by atoms with Gasteiger partial charge in [-0.25, -0.2) is 4.98 Å². The van der Waals surface area contributed by atoms with Gasteiger partial charge in [0, 0.05) is 35.0 Å². The fraction of sp³-hybridized carbons (Fsp3) is 0.121. The van der Waals surface area contributed by atoms with E-state index in [0.717, 1.165) is 11.1 Å². The SMILES string of the molecule is COc1ccc(-n2cc(-c3ccccc3)nc2NC(=O)CN(Cc2ccccc2)C(=O)c2ccc(Cl)cc2)cc1OC. The smallest absolute Gasteiger partial charge is 0.254 e. The number of rotatable bonds is 10. The third-order valence-electron chi connectivity index (χ3n) is 6.60. The molecule has 1 aromatic heterocycles. The van der Waals surface area contributed by atoms with Crippen LogP contribution in [0.4, 0.5) is 5.95 Å². The molecule has 8 nitrogen and oxygen atoms in total. The van der Waals surface area contributed by atoms with Crippen molar-refractivity contribution in [2.24, 2.45) is 0 Å². The Morgan fingerprint density at radius 2 is 1.52 bits per heavy atom. The molecule has 1 heterocycles. The van der Waals surface area contributed by atoms with E-state index in [4.69, 9.17) is 26.1 Å². The summed E-state index contributed by atoms with van der Waals surface area (Å²) in [5.74, 6) is 0.709. The van der Waals surface area contributed by atoms with Crippen LogP contribution in [0, 0.1) is 0 Å². The van der Waals surface area contributed by atoms with Gasteiger partial charge in [-0.05, 0) is 42.0 Å². The third kappa shape index (κ3) is 6.62. The third-order valence-corrected chi connectivity index (χ3v) is 6.85. The van der Waals surface area contributed by atoms with Crippen molar-refractivity contribution < 1.29 is 19.1 Å². The lowest BCUT2D eigenvalue weighted by atomic mass is 10.1. The molecule has 9 heteroatoms. The molecule has 0 bridgehead atoms. The van der Waals surface area contributed by atoms with Crippen LogP contribution in [0.5, 0.6) is 11.5 Å². The largest absolute Gasteiger partial charge is 0.493 e. The standard InChI is InChI=1S/C33H29ClN4O4/c1-41-29-18-17-27(19-30(29)42-2)38-21-28(24-11-7-4-8-12-24)35-33(38)36-31(39)22-37(20-23-9-5-3-6-10-23)32(40)25-13-15-26(34)16-14-25/h3-19,21H,20,22H2,1-2H3,(H,35,36,39). The molecular weight excluding hydrogens is 552 g/mol. The van der Waals surface area contributed by atoms with E-state index in [1.165, 1.54) is 4.90 Å². The average Bonchev–Trinajstić information content (AvgIpc) is 3.44. The highest BCUT2D eigenvalue weighted by molar-refractivity contribution is 6.30. The van der Waals surface area contributed by atoms with Crippen LogP contribution in [0.3, 0.4) is 0 Å². The Hall–Kier alpha value is -5.08. The molecule has 2 amide bonds. The minimum absolute atomic E-state index is 0.199. The zero-order valence-electron chi connectivity index (χ0n) is 23.2. The molecule has 0 saturated carbocycles. The molecule has 0 saturated heterocycles. The number of nitrogens with zero attached hydrogens (tertiary/aromatic N) is 3. The van der Waals surface area contributed by atoms with E-state index in [9.17, 15) is 9.59 Å². The first-order valence-corrected chi connectivity index (χ1v) is 13.6. The summed E-state index contributed by atoms with van der Waals surface area (Å²) in [6.45, 7) is 0.0465. The van der Waals surface area contributed by atoms with E-state index < -0.39 is 5.91 Å². The van der Waals surface area contributed by atoms with E-state index >= 15 is 0 Å². The van der Waals surface area contributed by atoms with Gasteiger partial charge < -0.3 is 14.4 Å². The molecule has 0 aliphatic heterocycles. The highest BCUT2D eigenvalue weighted by Crippen LogP contribution is 2.32. The zero-order valence-corrected chi connectivity index (χ0v) is 23.9. The molecule has 1 N–H and O–H groups in total. The van der Waals surface area contributed by atoms with Crippen molar-refractivity contribution in [2.75, 3.05) is 26.1 Å². The first-order chi connectivity index (χ1) is 20.4. The minimum Gasteiger partial charge on any atom is -0.493 e. The van der Waals surface area contributed by atoms with Crippen molar-refractivity contribution >= 4 is 29.4 Å². The topological polar surface area (TPSA) is 85.7 Å². The molecule has 212 valence electrons. The number of ether oxygens (including phenoxy) is 2.